The summed E-state index contributed by atoms with van der Waals surface area (Å²) in [4.78, 5) is 19.0. The largest absolute Gasteiger partial charge is 0.381 e. The number of nitriles is 1. The maximum atomic E-state index is 11.9. The fourth-order valence-corrected chi connectivity index (χ4v) is 4.74. The first-order valence-electron chi connectivity index (χ1n) is 10.1. The standard InChI is InChI=1S/C22H23N5O2.CH4/c1-14-20(15-7-11-29-13-15)16(12-23)21-25-17-4-2-3-5-18(17)27(21)22(14)26-9-6-19(28)24-8-10-26;/h2-5,15H,6-11,13H2,1H3,(H,24,28);1H4. The minimum atomic E-state index is 0. The third-order valence-corrected chi connectivity index (χ3v) is 6.07. The first kappa shape index (κ1) is 20.2. The number of amides is 1. The van der Waals surface area contributed by atoms with Crippen molar-refractivity contribution in [3.63, 3.8) is 0 Å². The highest BCUT2D eigenvalue weighted by atomic mass is 16.5. The summed E-state index contributed by atoms with van der Waals surface area (Å²) in [6.45, 7) is 5.41. The van der Waals surface area contributed by atoms with Crippen LogP contribution in [0.1, 0.15) is 42.9 Å². The molecular weight excluding hydrogens is 378 g/mol. The van der Waals surface area contributed by atoms with Gasteiger partial charge in [-0.2, -0.15) is 5.26 Å². The molecule has 0 saturated carbocycles. The van der Waals surface area contributed by atoms with Gasteiger partial charge in [0, 0.05) is 38.6 Å². The molecule has 7 nitrogen and oxygen atoms in total. The van der Waals surface area contributed by atoms with E-state index in [1.165, 1.54) is 0 Å². The summed E-state index contributed by atoms with van der Waals surface area (Å²) in [7, 11) is 0. The van der Waals surface area contributed by atoms with E-state index >= 15 is 0 Å². The van der Waals surface area contributed by atoms with Crippen LogP contribution in [-0.2, 0) is 9.53 Å². The number of anilines is 1. The predicted molar refractivity (Wildman–Crippen MR) is 117 cm³/mol. The second-order valence-corrected chi connectivity index (χ2v) is 7.76. The molecule has 1 aromatic carbocycles. The monoisotopic (exact) mass is 405 g/mol. The van der Waals surface area contributed by atoms with Crippen LogP contribution in [0.5, 0.6) is 0 Å². The highest BCUT2D eigenvalue weighted by molar-refractivity contribution is 5.87. The van der Waals surface area contributed by atoms with Gasteiger partial charge in [0.1, 0.15) is 11.9 Å². The van der Waals surface area contributed by atoms with Crippen molar-refractivity contribution < 1.29 is 9.53 Å². The summed E-state index contributed by atoms with van der Waals surface area (Å²) < 4.78 is 7.76. The Bertz CT molecular complexity index is 1150. The lowest BCUT2D eigenvalue weighted by atomic mass is 9.90. The van der Waals surface area contributed by atoms with E-state index in [1.54, 1.807) is 0 Å². The van der Waals surface area contributed by atoms with Gasteiger partial charge >= 0.3 is 0 Å². The van der Waals surface area contributed by atoms with Gasteiger partial charge in [0.25, 0.3) is 0 Å². The lowest BCUT2D eigenvalue weighted by molar-refractivity contribution is -0.120. The molecule has 2 fully saturated rings. The first-order valence-corrected chi connectivity index (χ1v) is 10.1. The van der Waals surface area contributed by atoms with E-state index in [0.717, 1.165) is 40.9 Å². The molecule has 1 amide bonds. The molecule has 1 unspecified atom stereocenters. The minimum absolute atomic E-state index is 0. The maximum absolute atomic E-state index is 11.9. The van der Waals surface area contributed by atoms with E-state index in [-0.39, 0.29) is 19.3 Å². The molecule has 2 saturated heterocycles. The van der Waals surface area contributed by atoms with Crippen LogP contribution in [0.4, 0.5) is 5.82 Å². The molecule has 0 spiro atoms. The van der Waals surface area contributed by atoms with E-state index in [0.29, 0.717) is 43.9 Å². The van der Waals surface area contributed by atoms with Gasteiger partial charge in [0.15, 0.2) is 5.65 Å². The van der Waals surface area contributed by atoms with Gasteiger partial charge in [-0.1, -0.05) is 19.6 Å². The predicted octanol–water partition coefficient (Wildman–Crippen LogP) is 3.13. The molecule has 156 valence electrons. The fraction of sp³-hybridized carbons (Fsp3) is 0.435. The Morgan fingerprint density at radius 2 is 2.13 bits per heavy atom. The molecule has 0 bridgehead atoms. The zero-order valence-corrected chi connectivity index (χ0v) is 16.4. The Hall–Kier alpha value is -3.11. The SMILES string of the molecule is C.Cc1c(C2CCOC2)c(C#N)c2nc3ccccc3n2c1N1CCNC(=O)CC1. The molecular formula is C23H27N5O2. The molecule has 2 aliphatic rings. The van der Waals surface area contributed by atoms with E-state index in [1.807, 2.05) is 24.3 Å². The molecule has 3 aromatic rings. The van der Waals surface area contributed by atoms with Crippen molar-refractivity contribution >= 4 is 28.4 Å². The van der Waals surface area contributed by atoms with Crippen LogP contribution in [0.3, 0.4) is 0 Å². The molecule has 4 heterocycles. The van der Waals surface area contributed by atoms with E-state index in [9.17, 15) is 10.1 Å². The van der Waals surface area contributed by atoms with Crippen LogP contribution in [0.2, 0.25) is 0 Å². The molecule has 1 N–H and O–H groups in total. The number of fused-ring (bicyclic) bond motifs is 3. The van der Waals surface area contributed by atoms with Crippen molar-refractivity contribution in [2.75, 3.05) is 37.7 Å². The van der Waals surface area contributed by atoms with Crippen LogP contribution in [0, 0.1) is 18.3 Å². The van der Waals surface area contributed by atoms with Gasteiger partial charge in [-0.15, -0.1) is 0 Å². The highest BCUT2D eigenvalue weighted by Gasteiger charge is 2.30. The summed E-state index contributed by atoms with van der Waals surface area (Å²) in [6, 6.07) is 10.4. The number of ether oxygens (including phenoxy) is 1. The molecule has 0 aliphatic carbocycles. The lowest BCUT2D eigenvalue weighted by Crippen LogP contribution is -2.31. The molecule has 1 atom stereocenters. The van der Waals surface area contributed by atoms with Gasteiger partial charge in [-0.05, 0) is 36.6 Å². The van der Waals surface area contributed by atoms with E-state index < -0.39 is 0 Å². The summed E-state index contributed by atoms with van der Waals surface area (Å²) >= 11 is 0. The number of rotatable bonds is 2. The van der Waals surface area contributed by atoms with Crippen molar-refractivity contribution in [1.82, 2.24) is 14.7 Å². The number of benzene rings is 1. The first-order chi connectivity index (χ1) is 14.2. The van der Waals surface area contributed by atoms with Crippen LogP contribution in [-0.4, -0.2) is 48.1 Å². The summed E-state index contributed by atoms with van der Waals surface area (Å²) in [5.74, 6) is 1.31. The minimum Gasteiger partial charge on any atom is -0.381 e. The zero-order chi connectivity index (χ0) is 20.0. The number of nitrogens with one attached hydrogen (secondary N) is 1. The number of para-hydroxylation sites is 2. The topological polar surface area (TPSA) is 82.7 Å². The van der Waals surface area contributed by atoms with Crippen LogP contribution in [0.25, 0.3) is 16.7 Å². The number of aromatic nitrogens is 2. The van der Waals surface area contributed by atoms with Crippen LogP contribution < -0.4 is 10.2 Å². The lowest BCUT2D eigenvalue weighted by Gasteiger charge is -2.28. The Morgan fingerprint density at radius 1 is 1.30 bits per heavy atom. The number of carbonyl (C=O) groups excluding carboxylic acids is 1. The Balaban J connectivity index is 0.00000218. The van der Waals surface area contributed by atoms with Gasteiger partial charge in [-0.25, -0.2) is 4.98 Å². The average Bonchev–Trinajstić information content (AvgIpc) is 3.33. The van der Waals surface area contributed by atoms with Gasteiger partial charge < -0.3 is 15.0 Å². The van der Waals surface area contributed by atoms with E-state index in [4.69, 9.17) is 9.72 Å². The zero-order valence-electron chi connectivity index (χ0n) is 16.4. The van der Waals surface area contributed by atoms with Crippen LogP contribution in [0.15, 0.2) is 24.3 Å². The quantitative estimate of drug-likeness (QED) is 0.708. The summed E-state index contributed by atoms with van der Waals surface area (Å²) in [5.41, 5.74) is 5.32. The summed E-state index contributed by atoms with van der Waals surface area (Å²) in [5, 5.41) is 13.1. The van der Waals surface area contributed by atoms with Crippen molar-refractivity contribution in [3.8, 4) is 6.07 Å². The number of hydrogen-bond donors (Lipinski definition) is 1. The van der Waals surface area contributed by atoms with Gasteiger partial charge in [0.05, 0.1) is 23.2 Å². The molecule has 2 aromatic heterocycles. The van der Waals surface area contributed by atoms with Crippen molar-refractivity contribution in [3.05, 3.63) is 41.0 Å². The second-order valence-electron chi connectivity index (χ2n) is 7.76. The molecule has 7 heteroatoms. The maximum Gasteiger partial charge on any atom is 0.221 e. The molecule has 2 aliphatic heterocycles. The van der Waals surface area contributed by atoms with Gasteiger partial charge in [0.2, 0.25) is 5.91 Å². The number of nitrogens with zero attached hydrogens (tertiary/aromatic N) is 4. The Morgan fingerprint density at radius 3 is 2.90 bits per heavy atom. The molecule has 30 heavy (non-hydrogen) atoms. The van der Waals surface area contributed by atoms with Crippen molar-refractivity contribution in [2.45, 2.75) is 33.1 Å². The van der Waals surface area contributed by atoms with Crippen molar-refractivity contribution in [2.24, 2.45) is 0 Å². The third kappa shape index (κ3) is 3.08. The number of hydrogen-bond acceptors (Lipinski definition) is 5. The highest BCUT2D eigenvalue weighted by Crippen LogP contribution is 2.39. The third-order valence-electron chi connectivity index (χ3n) is 6.07. The fourth-order valence-electron chi connectivity index (χ4n) is 4.74. The average molecular weight is 406 g/mol. The number of carbonyl (C=O) groups is 1. The van der Waals surface area contributed by atoms with Crippen molar-refractivity contribution in [1.29, 1.82) is 5.26 Å². The second kappa shape index (κ2) is 7.96. The number of pyridine rings is 1. The normalized spacial score (nSPS) is 19.4. The molecule has 0 radical (unpaired) electrons. The summed E-state index contributed by atoms with van der Waals surface area (Å²) in [6.07, 6.45) is 1.36. The number of imidazole rings is 1. The molecule has 5 rings (SSSR count). The van der Waals surface area contributed by atoms with Crippen LogP contribution >= 0.6 is 0 Å². The van der Waals surface area contributed by atoms with E-state index in [2.05, 4.69) is 27.6 Å². The smallest absolute Gasteiger partial charge is 0.221 e. The Labute approximate surface area is 176 Å². The van der Waals surface area contributed by atoms with Gasteiger partial charge in [-0.3, -0.25) is 9.20 Å². The Kier molecular flexibility index (Phi) is 5.35.